The Labute approximate surface area is 156 Å². The van der Waals surface area contributed by atoms with E-state index in [0.29, 0.717) is 11.6 Å². The largest absolute Gasteiger partial charge is 0.382 e. The number of piperazine rings is 1. The first kappa shape index (κ1) is 18.1. The van der Waals surface area contributed by atoms with E-state index < -0.39 is 4.92 Å². The average molecular weight is 381 g/mol. The molecule has 8 heteroatoms. The molecule has 1 saturated heterocycles. The molecule has 1 aliphatic rings. The second kappa shape index (κ2) is 8.14. The van der Waals surface area contributed by atoms with Crippen molar-refractivity contribution in [3.05, 3.63) is 55.7 Å². The van der Waals surface area contributed by atoms with E-state index in [1.807, 2.05) is 0 Å². The summed E-state index contributed by atoms with van der Waals surface area (Å²) in [6.45, 7) is 4.87. The molecule has 1 N–H and O–H groups in total. The standard InChI is InChI=1S/C17H21ClN4O2S/c1-20-6-8-21(9-7-20)16(17-3-2-10-25-17)12-19-15-5-4-13(22(23)24)11-14(15)18/h2-5,10-11,16,19H,6-9,12H2,1H3. The number of nitro benzene ring substituents is 1. The normalized spacial score (nSPS) is 17.4. The fourth-order valence-electron chi connectivity index (χ4n) is 2.99. The molecule has 1 fully saturated rings. The van der Waals surface area contributed by atoms with E-state index >= 15 is 0 Å². The molecule has 1 atom stereocenters. The molecule has 1 aromatic carbocycles. The molecule has 2 aromatic rings. The van der Waals surface area contributed by atoms with Gasteiger partial charge in [0.05, 0.1) is 21.7 Å². The maximum Gasteiger partial charge on any atom is 0.271 e. The lowest BCUT2D eigenvalue weighted by atomic mass is 10.1. The minimum absolute atomic E-state index is 0.00410. The Kier molecular flexibility index (Phi) is 5.90. The molecule has 134 valence electrons. The van der Waals surface area contributed by atoms with Gasteiger partial charge in [0.2, 0.25) is 0 Å². The van der Waals surface area contributed by atoms with Crippen molar-refractivity contribution in [1.29, 1.82) is 0 Å². The van der Waals surface area contributed by atoms with Crippen LogP contribution in [-0.4, -0.2) is 54.5 Å². The third kappa shape index (κ3) is 4.49. The van der Waals surface area contributed by atoms with E-state index in [1.165, 1.54) is 17.0 Å². The van der Waals surface area contributed by atoms with Crippen molar-refractivity contribution in [2.45, 2.75) is 6.04 Å². The molecule has 0 amide bonds. The van der Waals surface area contributed by atoms with Crippen molar-refractivity contribution >= 4 is 34.3 Å². The van der Waals surface area contributed by atoms with Gasteiger partial charge in [-0.15, -0.1) is 11.3 Å². The first-order valence-electron chi connectivity index (χ1n) is 8.18. The maximum absolute atomic E-state index is 10.8. The summed E-state index contributed by atoms with van der Waals surface area (Å²) in [6.07, 6.45) is 0. The van der Waals surface area contributed by atoms with E-state index in [2.05, 4.69) is 39.7 Å². The van der Waals surface area contributed by atoms with Crippen LogP contribution in [0.5, 0.6) is 0 Å². The van der Waals surface area contributed by atoms with Crippen LogP contribution in [-0.2, 0) is 0 Å². The Hall–Kier alpha value is -1.67. The Bertz CT molecular complexity index is 717. The molecule has 0 aliphatic carbocycles. The van der Waals surface area contributed by atoms with Gasteiger partial charge in [-0.05, 0) is 24.6 Å². The summed E-state index contributed by atoms with van der Waals surface area (Å²) >= 11 is 7.96. The van der Waals surface area contributed by atoms with Crippen LogP contribution < -0.4 is 5.32 Å². The molecule has 3 rings (SSSR count). The van der Waals surface area contributed by atoms with E-state index in [0.717, 1.165) is 31.9 Å². The Morgan fingerprint density at radius 1 is 1.32 bits per heavy atom. The predicted octanol–water partition coefficient (Wildman–Crippen LogP) is 3.71. The number of thiophene rings is 1. The monoisotopic (exact) mass is 380 g/mol. The number of non-ortho nitro benzene ring substituents is 1. The molecule has 1 aromatic heterocycles. The van der Waals surface area contributed by atoms with Crippen LogP contribution in [0.4, 0.5) is 11.4 Å². The number of nitrogens with zero attached hydrogens (tertiary/aromatic N) is 3. The van der Waals surface area contributed by atoms with E-state index in [1.54, 1.807) is 17.4 Å². The van der Waals surface area contributed by atoms with Crippen LogP contribution in [0.15, 0.2) is 35.7 Å². The van der Waals surface area contributed by atoms with E-state index in [-0.39, 0.29) is 11.7 Å². The highest BCUT2D eigenvalue weighted by Crippen LogP contribution is 2.30. The molecule has 0 saturated carbocycles. The molecular weight excluding hydrogens is 360 g/mol. The molecule has 1 aliphatic heterocycles. The van der Waals surface area contributed by atoms with Crippen LogP contribution in [0.2, 0.25) is 5.02 Å². The second-order valence-corrected chi connectivity index (χ2v) is 7.56. The lowest BCUT2D eigenvalue weighted by molar-refractivity contribution is -0.384. The van der Waals surface area contributed by atoms with Crippen molar-refractivity contribution in [2.24, 2.45) is 0 Å². The molecular formula is C17H21ClN4O2S. The molecule has 25 heavy (non-hydrogen) atoms. The zero-order valence-electron chi connectivity index (χ0n) is 14.0. The third-order valence-corrected chi connectivity index (χ3v) is 5.79. The Morgan fingerprint density at radius 3 is 2.68 bits per heavy atom. The lowest BCUT2D eigenvalue weighted by Crippen LogP contribution is -2.47. The van der Waals surface area contributed by atoms with Crippen LogP contribution in [0, 0.1) is 10.1 Å². The highest BCUT2D eigenvalue weighted by atomic mass is 35.5. The Balaban J connectivity index is 1.72. The van der Waals surface area contributed by atoms with Gasteiger partial charge in [-0.3, -0.25) is 15.0 Å². The van der Waals surface area contributed by atoms with Crippen LogP contribution in [0.3, 0.4) is 0 Å². The summed E-state index contributed by atoms with van der Waals surface area (Å²) in [5.74, 6) is 0. The number of rotatable bonds is 6. The summed E-state index contributed by atoms with van der Waals surface area (Å²) in [5, 5.41) is 16.7. The zero-order valence-corrected chi connectivity index (χ0v) is 15.6. The average Bonchev–Trinajstić information content (AvgIpc) is 3.12. The number of nitro groups is 1. The minimum Gasteiger partial charge on any atom is -0.382 e. The molecule has 0 radical (unpaired) electrons. The van der Waals surface area contributed by atoms with Crippen molar-refractivity contribution in [3.63, 3.8) is 0 Å². The van der Waals surface area contributed by atoms with E-state index in [4.69, 9.17) is 11.6 Å². The van der Waals surface area contributed by atoms with E-state index in [9.17, 15) is 10.1 Å². The van der Waals surface area contributed by atoms with Gasteiger partial charge < -0.3 is 10.2 Å². The second-order valence-electron chi connectivity index (χ2n) is 6.17. The summed E-state index contributed by atoms with van der Waals surface area (Å²) < 4.78 is 0. The van der Waals surface area contributed by atoms with Gasteiger partial charge in [-0.25, -0.2) is 0 Å². The van der Waals surface area contributed by atoms with Crippen LogP contribution in [0.1, 0.15) is 10.9 Å². The maximum atomic E-state index is 10.8. The number of likely N-dealkylation sites (N-methyl/N-ethyl adjacent to an activating group) is 1. The summed E-state index contributed by atoms with van der Waals surface area (Å²) in [7, 11) is 2.15. The molecule has 2 heterocycles. The highest BCUT2D eigenvalue weighted by molar-refractivity contribution is 7.10. The number of hydrogen-bond acceptors (Lipinski definition) is 6. The zero-order chi connectivity index (χ0) is 17.8. The predicted molar refractivity (Wildman–Crippen MR) is 103 cm³/mol. The van der Waals surface area contributed by atoms with Gasteiger partial charge in [0.1, 0.15) is 0 Å². The third-order valence-electron chi connectivity index (χ3n) is 4.50. The number of benzene rings is 1. The number of anilines is 1. The van der Waals surface area contributed by atoms with Gasteiger partial charge in [-0.2, -0.15) is 0 Å². The van der Waals surface area contributed by atoms with Gasteiger partial charge in [0.15, 0.2) is 0 Å². The minimum atomic E-state index is -0.436. The topological polar surface area (TPSA) is 61.6 Å². The van der Waals surface area contributed by atoms with Crippen LogP contribution in [0.25, 0.3) is 0 Å². The molecule has 1 unspecified atom stereocenters. The van der Waals surface area contributed by atoms with Crippen molar-refractivity contribution in [3.8, 4) is 0 Å². The quantitative estimate of drug-likeness (QED) is 0.611. The number of halogens is 1. The first-order chi connectivity index (χ1) is 12.0. The number of nitrogens with one attached hydrogen (secondary N) is 1. The van der Waals surface area contributed by atoms with Gasteiger partial charge in [-0.1, -0.05) is 17.7 Å². The van der Waals surface area contributed by atoms with Gasteiger partial charge in [0, 0.05) is 49.7 Å². The number of hydrogen-bond donors (Lipinski definition) is 1. The molecule has 0 spiro atoms. The fraction of sp³-hybridized carbons (Fsp3) is 0.412. The van der Waals surface area contributed by atoms with Crippen molar-refractivity contribution < 1.29 is 4.92 Å². The molecule has 0 bridgehead atoms. The summed E-state index contributed by atoms with van der Waals surface area (Å²) in [5.41, 5.74) is 0.729. The molecule has 6 nitrogen and oxygen atoms in total. The van der Waals surface area contributed by atoms with Crippen molar-refractivity contribution in [1.82, 2.24) is 9.80 Å². The summed E-state index contributed by atoms with van der Waals surface area (Å²) in [6, 6.07) is 9.04. The smallest absolute Gasteiger partial charge is 0.271 e. The SMILES string of the molecule is CN1CCN(C(CNc2ccc([N+](=O)[O-])cc2Cl)c2cccs2)CC1. The van der Waals surface area contributed by atoms with Crippen molar-refractivity contribution in [2.75, 3.05) is 45.1 Å². The van der Waals surface area contributed by atoms with Crippen LogP contribution >= 0.6 is 22.9 Å². The highest BCUT2D eigenvalue weighted by Gasteiger charge is 2.24. The Morgan fingerprint density at radius 2 is 2.08 bits per heavy atom. The fourth-order valence-corrected chi connectivity index (χ4v) is 4.09. The van der Waals surface area contributed by atoms with Gasteiger partial charge in [0.25, 0.3) is 5.69 Å². The summed E-state index contributed by atoms with van der Waals surface area (Å²) in [4.78, 5) is 16.5. The lowest BCUT2D eigenvalue weighted by Gasteiger charge is -2.37. The first-order valence-corrected chi connectivity index (χ1v) is 9.44. The van der Waals surface area contributed by atoms with Gasteiger partial charge >= 0.3 is 0 Å².